The van der Waals surface area contributed by atoms with E-state index < -0.39 is 17.3 Å². The van der Waals surface area contributed by atoms with Gasteiger partial charge >= 0.3 is 12.3 Å². The molecule has 0 aliphatic carbocycles. The number of anilines is 3. The average molecular weight is 668 g/mol. The van der Waals surface area contributed by atoms with Crippen molar-refractivity contribution in [1.82, 2.24) is 19.9 Å². The molecule has 5 rings (SSSR count). The van der Waals surface area contributed by atoms with E-state index in [1.165, 1.54) is 23.5 Å². The molecule has 0 saturated carbocycles. The van der Waals surface area contributed by atoms with E-state index in [1.54, 1.807) is 23.1 Å². The van der Waals surface area contributed by atoms with Gasteiger partial charge in [0.2, 0.25) is 5.95 Å². The second-order valence-electron chi connectivity index (χ2n) is 11.4. The quantitative estimate of drug-likeness (QED) is 0.203. The zero-order chi connectivity index (χ0) is 31.6. The zero-order valence-corrected chi connectivity index (χ0v) is 26.6. The minimum atomic E-state index is -4.45. The maximum atomic E-state index is 13.1. The number of halogens is 5. The molecule has 44 heavy (non-hydrogen) atoms. The van der Waals surface area contributed by atoms with Crippen molar-refractivity contribution in [2.45, 2.75) is 64.3 Å². The molecule has 0 bridgehead atoms. The zero-order valence-electron chi connectivity index (χ0n) is 24.3. The van der Waals surface area contributed by atoms with Gasteiger partial charge in [-0.3, -0.25) is 0 Å². The number of benzene rings is 2. The van der Waals surface area contributed by atoms with Gasteiger partial charge in [0.15, 0.2) is 10.6 Å². The number of hydrogen-bond acceptors (Lipinski definition) is 8. The lowest BCUT2D eigenvalue weighted by atomic mass is 10.0. The highest BCUT2D eigenvalue weighted by molar-refractivity contribution is 7.18. The third-order valence-corrected chi connectivity index (χ3v) is 8.58. The summed E-state index contributed by atoms with van der Waals surface area (Å²) in [4.78, 5) is 29.3. The Hall–Kier alpha value is -3.35. The second kappa shape index (κ2) is 12.9. The predicted molar refractivity (Wildman–Crippen MR) is 168 cm³/mol. The van der Waals surface area contributed by atoms with Crippen molar-refractivity contribution in [1.29, 1.82) is 0 Å². The molecule has 1 atom stereocenters. The van der Waals surface area contributed by atoms with Crippen LogP contribution in [0.3, 0.4) is 0 Å². The van der Waals surface area contributed by atoms with Crippen LogP contribution >= 0.6 is 34.5 Å². The number of carbonyl (C=O) groups excluding carboxylic acids is 1. The van der Waals surface area contributed by atoms with E-state index in [-0.39, 0.29) is 18.1 Å². The molecule has 14 heteroatoms. The molecule has 234 valence electrons. The number of thiazole rings is 1. The summed E-state index contributed by atoms with van der Waals surface area (Å²) in [6.45, 7) is 6.47. The minimum absolute atomic E-state index is 0.136. The largest absolute Gasteiger partial charge is 0.444 e. The maximum Gasteiger partial charge on any atom is 0.416 e. The van der Waals surface area contributed by atoms with Crippen LogP contribution < -0.4 is 10.6 Å². The summed E-state index contributed by atoms with van der Waals surface area (Å²) in [5.41, 5.74) is 0.200. The van der Waals surface area contributed by atoms with Gasteiger partial charge in [-0.1, -0.05) is 40.6 Å². The van der Waals surface area contributed by atoms with Crippen molar-refractivity contribution in [2.24, 2.45) is 0 Å². The first kappa shape index (κ1) is 32.1. The number of piperidine rings is 1. The topological polar surface area (TPSA) is 92.3 Å². The number of nitrogens with one attached hydrogen (secondary N) is 2. The molecular weight excluding hydrogens is 636 g/mol. The van der Waals surface area contributed by atoms with Crippen LogP contribution in [0, 0.1) is 0 Å². The maximum absolute atomic E-state index is 13.1. The summed E-state index contributed by atoms with van der Waals surface area (Å²) < 4.78 is 45.0. The number of carbonyl (C=O) groups is 1. The Kier molecular flexibility index (Phi) is 9.43. The van der Waals surface area contributed by atoms with E-state index in [1.807, 2.05) is 20.8 Å². The molecule has 2 N–H and O–H groups in total. The van der Waals surface area contributed by atoms with E-state index >= 15 is 0 Å². The van der Waals surface area contributed by atoms with Crippen LogP contribution in [0.15, 0.2) is 42.5 Å². The number of fused-ring (bicyclic) bond motifs is 1. The Morgan fingerprint density at radius 3 is 2.41 bits per heavy atom. The smallest absolute Gasteiger partial charge is 0.416 e. The molecule has 1 aliphatic rings. The monoisotopic (exact) mass is 666 g/mol. The summed E-state index contributed by atoms with van der Waals surface area (Å²) in [6, 6.07) is 9.80. The molecule has 1 fully saturated rings. The van der Waals surface area contributed by atoms with Gasteiger partial charge in [-0.05, 0) is 82.0 Å². The lowest BCUT2D eigenvalue weighted by Gasteiger charge is -2.36. The number of hydrogen-bond donors (Lipinski definition) is 2. The lowest BCUT2D eigenvalue weighted by molar-refractivity contribution is -0.137. The predicted octanol–water partition coefficient (Wildman–Crippen LogP) is 8.95. The molecule has 1 saturated heterocycles. The summed E-state index contributed by atoms with van der Waals surface area (Å²) in [5, 5.41) is 8.07. The third kappa shape index (κ3) is 7.83. The third-order valence-electron chi connectivity index (χ3n) is 6.92. The average Bonchev–Trinajstić information content (AvgIpc) is 3.36. The van der Waals surface area contributed by atoms with Crippen molar-refractivity contribution in [3.05, 3.63) is 68.6 Å². The molecule has 2 aromatic carbocycles. The van der Waals surface area contributed by atoms with Gasteiger partial charge in [0.1, 0.15) is 16.1 Å². The first-order chi connectivity index (χ1) is 20.8. The summed E-state index contributed by atoms with van der Waals surface area (Å²) >= 11 is 14.1. The molecule has 1 amide bonds. The van der Waals surface area contributed by atoms with Crippen molar-refractivity contribution in [3.63, 3.8) is 0 Å². The summed E-state index contributed by atoms with van der Waals surface area (Å²) in [7, 11) is 0. The number of aromatic nitrogens is 3. The van der Waals surface area contributed by atoms with Crippen LogP contribution in [0.1, 0.15) is 56.2 Å². The highest BCUT2D eigenvalue weighted by atomic mass is 35.5. The van der Waals surface area contributed by atoms with E-state index in [0.29, 0.717) is 56.4 Å². The SMILES string of the molecule is CC(C)(C)OC(=O)N1CCCCC1CNc1nc(Nc2ccc(C(F)(F)F)cc2)c2nc(Cc3c(Cl)cccc3Cl)sc2n1. The van der Waals surface area contributed by atoms with Crippen LogP contribution in [0.4, 0.5) is 35.4 Å². The van der Waals surface area contributed by atoms with Crippen molar-refractivity contribution in [2.75, 3.05) is 23.7 Å². The van der Waals surface area contributed by atoms with Gasteiger partial charge in [0.05, 0.1) is 11.6 Å². The molecule has 1 unspecified atom stereocenters. The van der Waals surface area contributed by atoms with Gasteiger partial charge in [-0.15, -0.1) is 0 Å². The molecule has 3 heterocycles. The van der Waals surface area contributed by atoms with Gasteiger partial charge in [0.25, 0.3) is 0 Å². The van der Waals surface area contributed by atoms with E-state index in [0.717, 1.165) is 37.0 Å². The Labute approximate surface area is 267 Å². The molecule has 4 aromatic rings. The minimum Gasteiger partial charge on any atom is -0.444 e. The lowest BCUT2D eigenvalue weighted by Crippen LogP contribution is -2.49. The van der Waals surface area contributed by atoms with Gasteiger partial charge in [0, 0.05) is 35.2 Å². The fraction of sp³-hybridized carbons (Fsp3) is 0.400. The molecule has 2 aromatic heterocycles. The first-order valence-electron chi connectivity index (χ1n) is 14.0. The van der Waals surface area contributed by atoms with E-state index in [2.05, 4.69) is 20.6 Å². The number of ether oxygens (including phenoxy) is 1. The number of alkyl halides is 3. The van der Waals surface area contributed by atoms with Crippen LogP contribution in [-0.4, -0.2) is 50.7 Å². The molecule has 0 spiro atoms. The highest BCUT2D eigenvalue weighted by Crippen LogP contribution is 2.34. The second-order valence-corrected chi connectivity index (χ2v) is 13.3. The Morgan fingerprint density at radius 2 is 1.75 bits per heavy atom. The summed E-state index contributed by atoms with van der Waals surface area (Å²) in [6.07, 6.45) is -1.82. The summed E-state index contributed by atoms with van der Waals surface area (Å²) in [5.74, 6) is 0.602. The molecule has 0 radical (unpaired) electrons. The Balaban J connectivity index is 1.44. The fourth-order valence-electron chi connectivity index (χ4n) is 4.82. The van der Waals surface area contributed by atoms with Gasteiger partial charge in [-0.25, -0.2) is 14.8 Å². The molecule has 1 aliphatic heterocycles. The number of nitrogens with zero attached hydrogens (tertiary/aromatic N) is 4. The van der Waals surface area contributed by atoms with Gasteiger partial charge in [-0.2, -0.15) is 18.2 Å². The van der Waals surface area contributed by atoms with Crippen molar-refractivity contribution >= 4 is 68.4 Å². The fourth-order valence-corrected chi connectivity index (χ4v) is 6.30. The van der Waals surface area contributed by atoms with Crippen LogP contribution in [0.2, 0.25) is 10.0 Å². The number of rotatable bonds is 7. The number of likely N-dealkylation sites (tertiary alicyclic amines) is 1. The van der Waals surface area contributed by atoms with Crippen LogP contribution in [0.5, 0.6) is 0 Å². The standard InChI is InChI=1S/C30H31Cl2F3N6O2S/c1-29(2,3)43-28(42)41-14-5-4-7-19(41)16-36-27-39-25(37-18-12-10-17(11-13-18)30(33,34)35)24-26(40-27)44-23(38-24)15-20-21(31)8-6-9-22(20)32/h6,8-13,19H,4-5,7,14-16H2,1-3H3,(H2,36,37,39,40). The number of amides is 1. The van der Waals surface area contributed by atoms with Crippen LogP contribution in [-0.2, 0) is 17.3 Å². The molecule has 8 nitrogen and oxygen atoms in total. The van der Waals surface area contributed by atoms with Crippen molar-refractivity contribution in [3.8, 4) is 0 Å². The Morgan fingerprint density at radius 1 is 1.05 bits per heavy atom. The molecular formula is C30H31Cl2F3N6O2S. The van der Waals surface area contributed by atoms with E-state index in [9.17, 15) is 18.0 Å². The first-order valence-corrected chi connectivity index (χ1v) is 15.6. The Bertz CT molecular complexity index is 1620. The highest BCUT2D eigenvalue weighted by Gasteiger charge is 2.31. The van der Waals surface area contributed by atoms with Crippen LogP contribution in [0.25, 0.3) is 10.3 Å². The van der Waals surface area contributed by atoms with E-state index in [4.69, 9.17) is 32.9 Å². The normalized spacial score (nSPS) is 15.8. The van der Waals surface area contributed by atoms with Crippen molar-refractivity contribution < 1.29 is 22.7 Å². The van der Waals surface area contributed by atoms with Gasteiger partial charge < -0.3 is 20.3 Å².